The number of methoxy groups -OCH3 is 1. The summed E-state index contributed by atoms with van der Waals surface area (Å²) in [4.78, 5) is 0. The van der Waals surface area contributed by atoms with Crippen molar-refractivity contribution in [3.8, 4) is 23.0 Å². The van der Waals surface area contributed by atoms with E-state index in [1.54, 1.807) is 31.4 Å². The van der Waals surface area contributed by atoms with Gasteiger partial charge in [0, 0.05) is 39.8 Å². The van der Waals surface area contributed by atoms with Crippen LogP contribution in [0, 0.1) is 0 Å². The average Bonchev–Trinajstić information content (AvgIpc) is 3.22. The molecule has 8 heteroatoms. The van der Waals surface area contributed by atoms with Crippen LogP contribution >= 0.6 is 34.8 Å². The van der Waals surface area contributed by atoms with Crippen molar-refractivity contribution in [1.29, 1.82) is 0 Å². The van der Waals surface area contributed by atoms with Crippen LogP contribution in [-0.4, -0.2) is 13.9 Å². The molecule has 0 saturated carbocycles. The summed E-state index contributed by atoms with van der Waals surface area (Å²) in [6.07, 6.45) is 0. The summed E-state index contributed by atoms with van der Waals surface area (Å²) < 4.78 is 22.2. The van der Waals surface area contributed by atoms with E-state index in [0.29, 0.717) is 45.2 Å². The number of rotatable bonds is 8. The molecule has 3 aromatic carbocycles. The molecule has 0 atom stereocenters. The molecule has 0 aliphatic carbocycles. The van der Waals surface area contributed by atoms with Crippen LogP contribution in [0.15, 0.2) is 48.5 Å². The minimum absolute atomic E-state index is 0.201. The molecule has 0 bridgehead atoms. The Hall–Kier alpha value is -2.31. The average molecular weight is 481 g/mol. The van der Waals surface area contributed by atoms with E-state index < -0.39 is 0 Å². The highest BCUT2D eigenvalue weighted by atomic mass is 35.5. The van der Waals surface area contributed by atoms with Crippen LogP contribution < -0.4 is 24.3 Å². The van der Waals surface area contributed by atoms with Gasteiger partial charge < -0.3 is 24.3 Å². The smallest absolute Gasteiger partial charge is 0.231 e. The maximum absolute atomic E-state index is 6.50. The molecule has 0 unspecified atom stereocenters. The van der Waals surface area contributed by atoms with Crippen LogP contribution in [-0.2, 0) is 19.7 Å². The topological polar surface area (TPSA) is 49.0 Å². The molecule has 4 rings (SSSR count). The second-order valence-corrected chi connectivity index (χ2v) is 8.10. The predicted molar refractivity (Wildman–Crippen MR) is 122 cm³/mol. The van der Waals surface area contributed by atoms with Crippen LogP contribution in [0.1, 0.15) is 16.7 Å². The first-order chi connectivity index (χ1) is 15.0. The minimum atomic E-state index is 0.201. The predicted octanol–water partition coefficient (Wildman–Crippen LogP) is 6.25. The van der Waals surface area contributed by atoms with E-state index in [9.17, 15) is 0 Å². The van der Waals surface area contributed by atoms with Crippen LogP contribution in [0.4, 0.5) is 0 Å². The van der Waals surface area contributed by atoms with Gasteiger partial charge in [-0.3, -0.25) is 0 Å². The van der Waals surface area contributed by atoms with Gasteiger partial charge in [-0.25, -0.2) is 0 Å². The van der Waals surface area contributed by atoms with Gasteiger partial charge in [0.05, 0.1) is 7.11 Å². The largest absolute Gasteiger partial charge is 0.493 e. The molecular formula is C23H20Cl3NO4. The Morgan fingerprint density at radius 1 is 0.871 bits per heavy atom. The van der Waals surface area contributed by atoms with E-state index in [1.165, 1.54) is 0 Å². The molecule has 0 spiro atoms. The first-order valence-electron chi connectivity index (χ1n) is 9.56. The first-order valence-corrected chi connectivity index (χ1v) is 10.7. The van der Waals surface area contributed by atoms with E-state index in [0.717, 1.165) is 22.6 Å². The summed E-state index contributed by atoms with van der Waals surface area (Å²) in [7, 11) is 1.59. The molecular weight excluding hydrogens is 461 g/mol. The number of hydrogen-bond acceptors (Lipinski definition) is 5. The van der Waals surface area contributed by atoms with Crippen LogP contribution in [0.25, 0.3) is 0 Å². The minimum Gasteiger partial charge on any atom is -0.493 e. The third-order valence-corrected chi connectivity index (χ3v) is 5.91. The molecule has 1 heterocycles. The lowest BCUT2D eigenvalue weighted by Gasteiger charge is -2.15. The fourth-order valence-electron chi connectivity index (χ4n) is 3.20. The standard InChI is InChI=1S/C23H20Cl3NO4/c1-28-21-8-15(11-27-10-14-5-6-20-22(7-14)31-13-30-20)19(26)9-23(21)29-12-16-17(24)3-2-4-18(16)25/h2-9,27H,10-13H2,1H3. The van der Waals surface area contributed by atoms with Crippen molar-refractivity contribution in [2.24, 2.45) is 0 Å². The van der Waals surface area contributed by atoms with Crippen molar-refractivity contribution in [1.82, 2.24) is 5.32 Å². The van der Waals surface area contributed by atoms with Gasteiger partial charge in [-0.2, -0.15) is 0 Å². The SMILES string of the molecule is COc1cc(CNCc2ccc3c(c2)OCO3)c(Cl)cc1OCc1c(Cl)cccc1Cl. The molecule has 31 heavy (non-hydrogen) atoms. The summed E-state index contributed by atoms with van der Waals surface area (Å²) in [5.74, 6) is 2.62. The molecule has 1 aliphatic heterocycles. The van der Waals surface area contributed by atoms with Gasteiger partial charge in [0.1, 0.15) is 6.61 Å². The third kappa shape index (κ3) is 5.13. The molecule has 1 N–H and O–H groups in total. The highest BCUT2D eigenvalue weighted by Gasteiger charge is 2.15. The second kappa shape index (κ2) is 9.88. The number of ether oxygens (including phenoxy) is 4. The zero-order chi connectivity index (χ0) is 21.8. The molecule has 1 aliphatic rings. The molecule has 0 radical (unpaired) electrons. The molecule has 5 nitrogen and oxygen atoms in total. The molecule has 0 aromatic heterocycles. The van der Waals surface area contributed by atoms with Crippen molar-refractivity contribution < 1.29 is 18.9 Å². The fraction of sp³-hybridized carbons (Fsp3) is 0.217. The Morgan fingerprint density at radius 2 is 1.65 bits per heavy atom. The van der Waals surface area contributed by atoms with E-state index in [2.05, 4.69) is 5.32 Å². The Bertz CT molecular complexity index is 1070. The quantitative estimate of drug-likeness (QED) is 0.413. The lowest BCUT2D eigenvalue weighted by atomic mass is 10.1. The number of hydrogen-bond donors (Lipinski definition) is 1. The Kier molecular flexibility index (Phi) is 6.98. The first kappa shape index (κ1) is 21.9. The number of fused-ring (bicyclic) bond motifs is 1. The van der Waals surface area contributed by atoms with Crippen LogP contribution in [0.3, 0.4) is 0 Å². The Balaban J connectivity index is 1.41. The normalized spacial score (nSPS) is 12.1. The van der Waals surface area contributed by atoms with E-state index in [4.69, 9.17) is 53.8 Å². The van der Waals surface area contributed by atoms with Gasteiger partial charge in [0.2, 0.25) is 6.79 Å². The molecule has 0 fully saturated rings. The van der Waals surface area contributed by atoms with Crippen molar-refractivity contribution >= 4 is 34.8 Å². The van der Waals surface area contributed by atoms with Gasteiger partial charge in [-0.15, -0.1) is 0 Å². The van der Waals surface area contributed by atoms with Crippen molar-refractivity contribution in [2.75, 3.05) is 13.9 Å². The van der Waals surface area contributed by atoms with E-state index >= 15 is 0 Å². The monoisotopic (exact) mass is 479 g/mol. The highest BCUT2D eigenvalue weighted by Crippen LogP contribution is 2.35. The highest BCUT2D eigenvalue weighted by molar-refractivity contribution is 6.36. The number of halogens is 3. The Morgan fingerprint density at radius 3 is 2.42 bits per heavy atom. The van der Waals surface area contributed by atoms with E-state index in [-0.39, 0.29) is 13.4 Å². The van der Waals surface area contributed by atoms with Crippen LogP contribution in [0.2, 0.25) is 15.1 Å². The maximum atomic E-state index is 6.50. The molecule has 162 valence electrons. The Labute approximate surface area is 195 Å². The summed E-state index contributed by atoms with van der Waals surface area (Å²) in [5.41, 5.74) is 2.68. The zero-order valence-corrected chi connectivity index (χ0v) is 19.0. The maximum Gasteiger partial charge on any atom is 0.231 e. The molecule has 3 aromatic rings. The second-order valence-electron chi connectivity index (χ2n) is 6.87. The summed E-state index contributed by atoms with van der Waals surface area (Å²) >= 11 is 18.9. The number of benzene rings is 3. The van der Waals surface area contributed by atoms with Crippen molar-refractivity contribution in [2.45, 2.75) is 19.7 Å². The lowest BCUT2D eigenvalue weighted by molar-refractivity contribution is 0.174. The third-order valence-electron chi connectivity index (χ3n) is 4.85. The summed E-state index contributed by atoms with van der Waals surface area (Å²) in [6, 6.07) is 14.8. The summed E-state index contributed by atoms with van der Waals surface area (Å²) in [6.45, 7) is 1.67. The van der Waals surface area contributed by atoms with Crippen LogP contribution in [0.5, 0.6) is 23.0 Å². The van der Waals surface area contributed by atoms with Gasteiger partial charge in [-0.1, -0.05) is 46.9 Å². The van der Waals surface area contributed by atoms with Crippen molar-refractivity contribution in [3.05, 3.63) is 80.3 Å². The van der Waals surface area contributed by atoms with Crippen molar-refractivity contribution in [3.63, 3.8) is 0 Å². The molecule has 0 amide bonds. The number of nitrogens with one attached hydrogen (secondary N) is 1. The lowest BCUT2D eigenvalue weighted by Crippen LogP contribution is -2.13. The van der Waals surface area contributed by atoms with Gasteiger partial charge >= 0.3 is 0 Å². The zero-order valence-electron chi connectivity index (χ0n) is 16.7. The summed E-state index contributed by atoms with van der Waals surface area (Å²) in [5, 5.41) is 5.04. The van der Waals surface area contributed by atoms with Gasteiger partial charge in [0.15, 0.2) is 23.0 Å². The van der Waals surface area contributed by atoms with Gasteiger partial charge in [-0.05, 0) is 41.5 Å². The van der Waals surface area contributed by atoms with Gasteiger partial charge in [0.25, 0.3) is 0 Å². The van der Waals surface area contributed by atoms with E-state index in [1.807, 2.05) is 24.3 Å². The fourth-order valence-corrected chi connectivity index (χ4v) is 3.92. The molecule has 0 saturated heterocycles.